The molecule has 0 unspecified atom stereocenters. The minimum Gasteiger partial charge on any atom is -0.305 e. The van der Waals surface area contributed by atoms with Gasteiger partial charge in [0.1, 0.15) is 23.1 Å². The van der Waals surface area contributed by atoms with E-state index in [9.17, 15) is 18.4 Å². The van der Waals surface area contributed by atoms with E-state index in [1.165, 1.54) is 42.2 Å². The number of carbonyl (C=O) groups is 1. The zero-order valence-corrected chi connectivity index (χ0v) is 13.7. The number of aryl methyl sites for hydroxylation is 1. The summed E-state index contributed by atoms with van der Waals surface area (Å²) < 4.78 is 27.7. The number of hydrogen-bond acceptors (Lipinski definition) is 4. The first-order valence-electron chi connectivity index (χ1n) is 7.65. The molecule has 132 valence electrons. The van der Waals surface area contributed by atoms with Gasteiger partial charge in [0, 0.05) is 25.5 Å². The Bertz CT molecular complexity index is 996. The maximum Gasteiger partial charge on any atom is 0.348 e. The lowest BCUT2D eigenvalue weighted by atomic mass is 10.1. The monoisotopic (exact) mass is 356 g/mol. The molecule has 0 bridgehead atoms. The van der Waals surface area contributed by atoms with Gasteiger partial charge in [-0.1, -0.05) is 6.07 Å². The molecule has 8 heteroatoms. The molecule has 0 saturated carbocycles. The van der Waals surface area contributed by atoms with Crippen LogP contribution in [0, 0.1) is 11.6 Å². The van der Waals surface area contributed by atoms with Crippen molar-refractivity contribution in [1.29, 1.82) is 0 Å². The van der Waals surface area contributed by atoms with E-state index < -0.39 is 23.2 Å². The number of anilines is 1. The standard InChI is InChI=1S/C18H14F2N4O2/c1-24-5-4-15(22-18(24)26)17(25)23-16-3-2-11(10-21-16)6-12-7-13(19)9-14(20)8-12/h2-5,7-10H,6H2,1H3,(H,21,23,25). The largest absolute Gasteiger partial charge is 0.348 e. The van der Waals surface area contributed by atoms with Gasteiger partial charge in [-0.3, -0.25) is 4.79 Å². The summed E-state index contributed by atoms with van der Waals surface area (Å²) in [5.41, 5.74) is 0.641. The fourth-order valence-corrected chi connectivity index (χ4v) is 2.32. The van der Waals surface area contributed by atoms with Crippen LogP contribution in [-0.2, 0) is 13.5 Å². The molecule has 6 nitrogen and oxygen atoms in total. The summed E-state index contributed by atoms with van der Waals surface area (Å²) in [5.74, 6) is -1.57. The van der Waals surface area contributed by atoms with Crippen LogP contribution in [0.15, 0.2) is 53.6 Å². The van der Waals surface area contributed by atoms with E-state index in [4.69, 9.17) is 0 Å². The van der Waals surface area contributed by atoms with Crippen molar-refractivity contribution in [1.82, 2.24) is 14.5 Å². The average Bonchev–Trinajstić information content (AvgIpc) is 2.58. The van der Waals surface area contributed by atoms with Gasteiger partial charge >= 0.3 is 5.69 Å². The maximum absolute atomic E-state index is 13.2. The van der Waals surface area contributed by atoms with E-state index in [2.05, 4.69) is 15.3 Å². The molecule has 0 fully saturated rings. The Labute approximate surface area is 147 Å². The van der Waals surface area contributed by atoms with Gasteiger partial charge in [-0.15, -0.1) is 0 Å². The Balaban J connectivity index is 1.70. The number of benzene rings is 1. The van der Waals surface area contributed by atoms with Crippen LogP contribution < -0.4 is 11.0 Å². The molecule has 0 spiro atoms. The SMILES string of the molecule is Cn1ccc(C(=O)Nc2ccc(Cc3cc(F)cc(F)c3)cn2)nc1=O. The quantitative estimate of drug-likeness (QED) is 0.778. The van der Waals surface area contributed by atoms with E-state index in [-0.39, 0.29) is 11.5 Å². The molecule has 3 rings (SSSR count). The molecule has 0 aliphatic heterocycles. The Hall–Kier alpha value is -3.42. The second-order valence-electron chi connectivity index (χ2n) is 5.67. The third-order valence-electron chi connectivity index (χ3n) is 3.60. The number of rotatable bonds is 4. The molecule has 2 heterocycles. The van der Waals surface area contributed by atoms with Gasteiger partial charge in [0.2, 0.25) is 0 Å². The first-order chi connectivity index (χ1) is 12.4. The zero-order valence-electron chi connectivity index (χ0n) is 13.7. The van der Waals surface area contributed by atoms with Crippen LogP contribution in [0.2, 0.25) is 0 Å². The summed E-state index contributed by atoms with van der Waals surface area (Å²) in [6, 6.07) is 7.97. The van der Waals surface area contributed by atoms with Crippen LogP contribution in [-0.4, -0.2) is 20.4 Å². The number of halogens is 2. The van der Waals surface area contributed by atoms with Crippen molar-refractivity contribution in [2.24, 2.45) is 7.05 Å². The highest BCUT2D eigenvalue weighted by atomic mass is 19.1. The highest BCUT2D eigenvalue weighted by Crippen LogP contribution is 2.14. The van der Waals surface area contributed by atoms with Gasteiger partial charge in [0.15, 0.2) is 0 Å². The fourth-order valence-electron chi connectivity index (χ4n) is 2.32. The number of amides is 1. The van der Waals surface area contributed by atoms with Gasteiger partial charge in [-0.25, -0.2) is 18.6 Å². The number of pyridine rings is 1. The van der Waals surface area contributed by atoms with E-state index in [1.807, 2.05) is 0 Å². The smallest absolute Gasteiger partial charge is 0.305 e. The lowest BCUT2D eigenvalue weighted by molar-refractivity contribution is 0.102. The number of carbonyl (C=O) groups excluding carboxylic acids is 1. The number of aromatic nitrogens is 3. The Morgan fingerprint density at radius 3 is 2.46 bits per heavy atom. The topological polar surface area (TPSA) is 76.9 Å². The van der Waals surface area contributed by atoms with Crippen molar-refractivity contribution in [2.45, 2.75) is 6.42 Å². The fraction of sp³-hybridized carbons (Fsp3) is 0.111. The summed E-state index contributed by atoms with van der Waals surface area (Å²) in [7, 11) is 1.53. The van der Waals surface area contributed by atoms with E-state index in [0.717, 1.165) is 11.6 Å². The van der Waals surface area contributed by atoms with Crippen molar-refractivity contribution in [3.63, 3.8) is 0 Å². The van der Waals surface area contributed by atoms with Gasteiger partial charge in [0.05, 0.1) is 0 Å². The van der Waals surface area contributed by atoms with Crippen molar-refractivity contribution in [3.05, 3.63) is 87.7 Å². The van der Waals surface area contributed by atoms with Crippen LogP contribution in [0.25, 0.3) is 0 Å². The van der Waals surface area contributed by atoms with Crippen molar-refractivity contribution < 1.29 is 13.6 Å². The lowest BCUT2D eigenvalue weighted by Gasteiger charge is -2.06. The third kappa shape index (κ3) is 4.15. The molecule has 26 heavy (non-hydrogen) atoms. The molecule has 0 aliphatic rings. The van der Waals surface area contributed by atoms with E-state index in [0.29, 0.717) is 12.0 Å². The summed E-state index contributed by atoms with van der Waals surface area (Å²) in [6.45, 7) is 0. The predicted octanol–water partition coefficient (Wildman–Crippen LogP) is 2.30. The highest BCUT2D eigenvalue weighted by molar-refractivity contribution is 6.02. The summed E-state index contributed by atoms with van der Waals surface area (Å²) in [5, 5.41) is 2.53. The van der Waals surface area contributed by atoms with Crippen molar-refractivity contribution in [2.75, 3.05) is 5.32 Å². The van der Waals surface area contributed by atoms with Crippen LogP contribution in [0.1, 0.15) is 21.6 Å². The molecule has 3 aromatic rings. The third-order valence-corrected chi connectivity index (χ3v) is 3.60. The van der Waals surface area contributed by atoms with Crippen LogP contribution in [0.4, 0.5) is 14.6 Å². The maximum atomic E-state index is 13.2. The average molecular weight is 356 g/mol. The molecule has 0 aliphatic carbocycles. The van der Waals surface area contributed by atoms with E-state index in [1.54, 1.807) is 12.1 Å². The van der Waals surface area contributed by atoms with E-state index >= 15 is 0 Å². The Morgan fingerprint density at radius 2 is 1.85 bits per heavy atom. The molecule has 0 atom stereocenters. The molecule has 1 N–H and O–H groups in total. The van der Waals surface area contributed by atoms with Crippen molar-refractivity contribution in [3.8, 4) is 0 Å². The molecule has 0 radical (unpaired) electrons. The van der Waals surface area contributed by atoms with Crippen LogP contribution in [0.5, 0.6) is 0 Å². The lowest BCUT2D eigenvalue weighted by Crippen LogP contribution is -2.24. The second-order valence-corrected chi connectivity index (χ2v) is 5.67. The minimum absolute atomic E-state index is 0.0192. The minimum atomic E-state index is -0.640. The molecule has 0 saturated heterocycles. The predicted molar refractivity (Wildman–Crippen MR) is 90.8 cm³/mol. The first kappa shape index (κ1) is 17.4. The Morgan fingerprint density at radius 1 is 1.12 bits per heavy atom. The molecule has 2 aromatic heterocycles. The number of nitrogens with one attached hydrogen (secondary N) is 1. The molecule has 1 aromatic carbocycles. The molecular formula is C18H14F2N4O2. The highest BCUT2D eigenvalue weighted by Gasteiger charge is 2.10. The van der Waals surface area contributed by atoms with Gasteiger partial charge in [-0.05, 0) is 41.8 Å². The zero-order chi connectivity index (χ0) is 18.7. The molecular weight excluding hydrogens is 342 g/mol. The summed E-state index contributed by atoms with van der Waals surface area (Å²) in [4.78, 5) is 31.3. The number of hydrogen-bond donors (Lipinski definition) is 1. The molecule has 1 amide bonds. The summed E-state index contributed by atoms with van der Waals surface area (Å²) in [6.07, 6.45) is 3.24. The second kappa shape index (κ2) is 7.22. The van der Waals surface area contributed by atoms with Crippen molar-refractivity contribution >= 4 is 11.7 Å². The first-order valence-corrected chi connectivity index (χ1v) is 7.65. The summed E-state index contributed by atoms with van der Waals surface area (Å²) >= 11 is 0. The van der Waals surface area contributed by atoms with Crippen LogP contribution in [0.3, 0.4) is 0 Å². The van der Waals surface area contributed by atoms with Gasteiger partial charge in [0.25, 0.3) is 5.91 Å². The Kier molecular flexibility index (Phi) is 4.83. The van der Waals surface area contributed by atoms with Crippen LogP contribution >= 0.6 is 0 Å². The van der Waals surface area contributed by atoms with Gasteiger partial charge < -0.3 is 9.88 Å². The number of nitrogens with zero attached hydrogens (tertiary/aromatic N) is 3. The van der Waals surface area contributed by atoms with Gasteiger partial charge in [-0.2, -0.15) is 4.98 Å². The normalized spacial score (nSPS) is 10.6.